The van der Waals surface area contributed by atoms with Crippen LogP contribution in [0.3, 0.4) is 0 Å². The first kappa shape index (κ1) is 13.7. The third-order valence-corrected chi connectivity index (χ3v) is 3.89. The monoisotopic (exact) mass is 274 g/mol. The van der Waals surface area contributed by atoms with Crippen LogP contribution in [0.1, 0.15) is 24.8 Å². The molecule has 0 saturated heterocycles. The Labute approximate surface area is 115 Å². The Bertz CT molecular complexity index is 597. The van der Waals surface area contributed by atoms with Gasteiger partial charge < -0.3 is 4.74 Å². The predicted octanol–water partition coefficient (Wildman–Crippen LogP) is 2.90. The van der Waals surface area contributed by atoms with Crippen LogP contribution in [0.15, 0.2) is 24.3 Å². The van der Waals surface area contributed by atoms with E-state index in [1.165, 1.54) is 11.3 Å². The second-order valence-electron chi connectivity index (χ2n) is 4.08. The van der Waals surface area contributed by atoms with Gasteiger partial charge >= 0.3 is 0 Å². The quantitative estimate of drug-likeness (QED) is 0.841. The van der Waals surface area contributed by atoms with E-state index < -0.39 is 12.0 Å². The zero-order valence-corrected chi connectivity index (χ0v) is 11.6. The molecule has 2 unspecified atom stereocenters. The number of fused-ring (bicyclic) bond motifs is 1. The normalized spacial score (nSPS) is 13.9. The highest BCUT2D eigenvalue weighted by Crippen LogP contribution is 2.28. The highest BCUT2D eigenvalue weighted by molar-refractivity contribution is 7.18. The SMILES string of the molecule is CCOC(C)C(=O)C(C#N)c1nc2ccccc2s1. The number of benzene rings is 1. The average Bonchev–Trinajstić information content (AvgIpc) is 2.83. The van der Waals surface area contributed by atoms with E-state index in [4.69, 9.17) is 4.74 Å². The lowest BCUT2D eigenvalue weighted by Crippen LogP contribution is -2.26. The van der Waals surface area contributed by atoms with Crippen molar-refractivity contribution in [3.05, 3.63) is 29.3 Å². The largest absolute Gasteiger partial charge is 0.371 e. The standard InChI is InChI=1S/C14H14N2O2S/c1-3-18-9(2)13(17)10(8-15)14-16-11-6-4-5-7-12(11)19-14/h4-7,9-10H,3H2,1-2H3. The first-order valence-corrected chi connectivity index (χ1v) is 6.89. The molecule has 0 aliphatic carbocycles. The van der Waals surface area contributed by atoms with Gasteiger partial charge in [0.05, 0.1) is 16.3 Å². The average molecular weight is 274 g/mol. The van der Waals surface area contributed by atoms with Gasteiger partial charge in [-0.2, -0.15) is 5.26 Å². The Balaban J connectivity index is 2.31. The number of ketones is 1. The molecule has 0 fully saturated rings. The number of thiazole rings is 1. The molecule has 1 aromatic heterocycles. The van der Waals surface area contributed by atoms with Gasteiger partial charge in [-0.05, 0) is 26.0 Å². The van der Waals surface area contributed by atoms with Gasteiger partial charge in [-0.15, -0.1) is 11.3 Å². The van der Waals surface area contributed by atoms with Crippen LogP contribution in [-0.4, -0.2) is 23.5 Å². The van der Waals surface area contributed by atoms with Gasteiger partial charge in [0, 0.05) is 6.61 Å². The van der Waals surface area contributed by atoms with Crippen LogP contribution in [-0.2, 0) is 9.53 Å². The Morgan fingerprint density at radius 1 is 1.53 bits per heavy atom. The molecule has 0 N–H and O–H groups in total. The van der Waals surface area contributed by atoms with Gasteiger partial charge in [0.1, 0.15) is 11.1 Å². The molecule has 0 bridgehead atoms. The fraction of sp³-hybridized carbons (Fsp3) is 0.357. The molecule has 1 heterocycles. The Hall–Kier alpha value is -1.77. The first-order valence-electron chi connectivity index (χ1n) is 6.07. The summed E-state index contributed by atoms with van der Waals surface area (Å²) >= 11 is 1.38. The molecule has 19 heavy (non-hydrogen) atoms. The van der Waals surface area contributed by atoms with Crippen molar-refractivity contribution < 1.29 is 9.53 Å². The van der Waals surface area contributed by atoms with E-state index in [9.17, 15) is 10.1 Å². The fourth-order valence-corrected chi connectivity index (χ4v) is 2.84. The molecule has 5 heteroatoms. The van der Waals surface area contributed by atoms with Crippen LogP contribution in [0.5, 0.6) is 0 Å². The molecule has 0 aliphatic heterocycles. The maximum atomic E-state index is 12.2. The second kappa shape index (κ2) is 5.91. The maximum Gasteiger partial charge on any atom is 0.185 e. The van der Waals surface area contributed by atoms with E-state index in [1.54, 1.807) is 6.92 Å². The third kappa shape index (κ3) is 2.80. The van der Waals surface area contributed by atoms with E-state index in [2.05, 4.69) is 4.98 Å². The molecule has 2 aromatic rings. The van der Waals surface area contributed by atoms with E-state index in [0.717, 1.165) is 10.2 Å². The van der Waals surface area contributed by atoms with Crippen LogP contribution >= 0.6 is 11.3 Å². The van der Waals surface area contributed by atoms with Gasteiger partial charge in [0.2, 0.25) is 0 Å². The van der Waals surface area contributed by atoms with Crippen molar-refractivity contribution in [1.82, 2.24) is 4.98 Å². The summed E-state index contributed by atoms with van der Waals surface area (Å²) in [5.41, 5.74) is 0.819. The lowest BCUT2D eigenvalue weighted by Gasteiger charge is -2.12. The number of hydrogen-bond donors (Lipinski definition) is 0. The highest BCUT2D eigenvalue weighted by Gasteiger charge is 2.28. The van der Waals surface area contributed by atoms with Crippen LogP contribution in [0.4, 0.5) is 0 Å². The van der Waals surface area contributed by atoms with E-state index in [1.807, 2.05) is 37.3 Å². The number of Topliss-reactive ketones (excluding diaryl/α,β-unsaturated/α-hetero) is 1. The van der Waals surface area contributed by atoms with Crippen molar-refractivity contribution in [2.24, 2.45) is 0 Å². The molecular formula is C14H14N2O2S. The van der Waals surface area contributed by atoms with E-state index in [0.29, 0.717) is 11.6 Å². The molecule has 0 amide bonds. The summed E-state index contributed by atoms with van der Waals surface area (Å²) in [6, 6.07) is 9.64. The van der Waals surface area contributed by atoms with E-state index in [-0.39, 0.29) is 5.78 Å². The summed E-state index contributed by atoms with van der Waals surface area (Å²) < 4.78 is 6.24. The minimum atomic E-state index is -0.848. The zero-order valence-electron chi connectivity index (χ0n) is 10.8. The number of carbonyl (C=O) groups is 1. The van der Waals surface area contributed by atoms with Gasteiger partial charge in [0.25, 0.3) is 0 Å². The van der Waals surface area contributed by atoms with Crippen LogP contribution in [0.25, 0.3) is 10.2 Å². The molecule has 2 atom stereocenters. The number of ether oxygens (including phenoxy) is 1. The minimum absolute atomic E-state index is 0.233. The number of aromatic nitrogens is 1. The highest BCUT2D eigenvalue weighted by atomic mass is 32.1. The van der Waals surface area contributed by atoms with Gasteiger partial charge in [-0.3, -0.25) is 4.79 Å². The molecule has 2 rings (SSSR count). The van der Waals surface area contributed by atoms with Gasteiger partial charge in [-0.25, -0.2) is 4.98 Å². The van der Waals surface area contributed by atoms with Crippen molar-refractivity contribution in [1.29, 1.82) is 5.26 Å². The predicted molar refractivity (Wildman–Crippen MR) is 74.1 cm³/mol. The topological polar surface area (TPSA) is 63.0 Å². The smallest absolute Gasteiger partial charge is 0.185 e. The summed E-state index contributed by atoms with van der Waals surface area (Å²) in [6.07, 6.45) is -0.582. The number of hydrogen-bond acceptors (Lipinski definition) is 5. The lowest BCUT2D eigenvalue weighted by atomic mass is 10.0. The summed E-state index contributed by atoms with van der Waals surface area (Å²) in [4.78, 5) is 16.5. The number of nitriles is 1. The first-order chi connectivity index (χ1) is 9.17. The number of nitrogens with zero attached hydrogens (tertiary/aromatic N) is 2. The molecule has 0 saturated carbocycles. The molecule has 0 radical (unpaired) electrons. The van der Waals surface area contributed by atoms with Crippen molar-refractivity contribution >= 4 is 27.3 Å². The molecular weight excluding hydrogens is 260 g/mol. The van der Waals surface area contributed by atoms with Crippen molar-refractivity contribution in [2.45, 2.75) is 25.9 Å². The number of carbonyl (C=O) groups excluding carboxylic acids is 1. The Morgan fingerprint density at radius 2 is 2.26 bits per heavy atom. The third-order valence-electron chi connectivity index (χ3n) is 2.79. The Morgan fingerprint density at radius 3 is 2.89 bits per heavy atom. The maximum absolute atomic E-state index is 12.2. The van der Waals surface area contributed by atoms with Crippen molar-refractivity contribution in [3.8, 4) is 6.07 Å². The van der Waals surface area contributed by atoms with Crippen molar-refractivity contribution in [3.63, 3.8) is 0 Å². The van der Waals surface area contributed by atoms with Crippen LogP contribution in [0.2, 0.25) is 0 Å². The van der Waals surface area contributed by atoms with Crippen LogP contribution < -0.4 is 0 Å². The lowest BCUT2D eigenvalue weighted by molar-refractivity contribution is -0.129. The summed E-state index contributed by atoms with van der Waals surface area (Å²) in [7, 11) is 0. The summed E-state index contributed by atoms with van der Waals surface area (Å²) in [5.74, 6) is -1.08. The van der Waals surface area contributed by atoms with Crippen LogP contribution in [0, 0.1) is 11.3 Å². The molecule has 0 aliphatic rings. The molecule has 4 nitrogen and oxygen atoms in total. The Kier molecular flexibility index (Phi) is 4.25. The van der Waals surface area contributed by atoms with Crippen molar-refractivity contribution in [2.75, 3.05) is 6.61 Å². The number of rotatable bonds is 5. The molecule has 98 valence electrons. The van der Waals surface area contributed by atoms with E-state index >= 15 is 0 Å². The fourth-order valence-electron chi connectivity index (χ4n) is 1.82. The van der Waals surface area contributed by atoms with Gasteiger partial charge in [0.15, 0.2) is 11.7 Å². The molecule has 0 spiro atoms. The zero-order chi connectivity index (χ0) is 13.8. The number of para-hydroxylation sites is 1. The summed E-state index contributed by atoms with van der Waals surface area (Å²) in [6.45, 7) is 3.94. The van der Waals surface area contributed by atoms with Gasteiger partial charge in [-0.1, -0.05) is 12.1 Å². The molecule has 1 aromatic carbocycles. The minimum Gasteiger partial charge on any atom is -0.371 e. The second-order valence-corrected chi connectivity index (χ2v) is 5.14. The summed E-state index contributed by atoms with van der Waals surface area (Å²) in [5, 5.41) is 9.77.